The van der Waals surface area contributed by atoms with Gasteiger partial charge >= 0.3 is 0 Å². The van der Waals surface area contributed by atoms with E-state index in [0.717, 1.165) is 11.1 Å². The fourth-order valence-corrected chi connectivity index (χ4v) is 3.50. The molecule has 1 fully saturated rings. The fourth-order valence-electron chi connectivity index (χ4n) is 3.50. The molecule has 1 aliphatic carbocycles. The number of aliphatic hydroxyl groups excluding tert-OH is 1. The summed E-state index contributed by atoms with van der Waals surface area (Å²) in [6.45, 7) is 4.31. The minimum atomic E-state index is -0.274. The summed E-state index contributed by atoms with van der Waals surface area (Å²) in [5.74, 6) is 1.23. The Morgan fingerprint density at radius 3 is 2.37 bits per heavy atom. The van der Waals surface area contributed by atoms with E-state index in [9.17, 15) is 9.90 Å². The second-order valence-corrected chi connectivity index (χ2v) is 7.64. The molecule has 1 amide bonds. The van der Waals surface area contributed by atoms with Crippen LogP contribution in [0.15, 0.2) is 42.6 Å². The molecule has 0 saturated heterocycles. The zero-order chi connectivity index (χ0) is 19.4. The molecule has 144 valence electrons. The highest BCUT2D eigenvalue weighted by atomic mass is 16.5. The molecular weight excluding hydrogens is 340 g/mol. The number of nitrogens with zero attached hydrogens (tertiary/aromatic N) is 1. The number of aliphatic hydroxyl groups is 1. The fraction of sp³-hybridized carbons (Fsp3) is 0.455. The van der Waals surface area contributed by atoms with E-state index in [2.05, 4.69) is 36.3 Å². The number of rotatable bonds is 7. The van der Waals surface area contributed by atoms with Gasteiger partial charge in [-0.05, 0) is 41.4 Å². The Morgan fingerprint density at radius 1 is 1.19 bits per heavy atom. The molecular formula is C22H28N2O3. The number of ether oxygens (including phenoxy) is 1. The van der Waals surface area contributed by atoms with E-state index in [-0.39, 0.29) is 24.0 Å². The molecule has 0 bridgehead atoms. The lowest BCUT2D eigenvalue weighted by Gasteiger charge is -2.38. The van der Waals surface area contributed by atoms with Crippen molar-refractivity contribution in [1.29, 1.82) is 0 Å². The van der Waals surface area contributed by atoms with E-state index in [1.807, 2.05) is 18.2 Å². The van der Waals surface area contributed by atoms with Gasteiger partial charge in [-0.15, -0.1) is 0 Å². The van der Waals surface area contributed by atoms with Crippen LogP contribution >= 0.6 is 0 Å². The summed E-state index contributed by atoms with van der Waals surface area (Å²) in [7, 11) is 1.58. The quantitative estimate of drug-likeness (QED) is 0.786. The van der Waals surface area contributed by atoms with Gasteiger partial charge in [0, 0.05) is 12.3 Å². The Morgan fingerprint density at radius 2 is 1.85 bits per heavy atom. The van der Waals surface area contributed by atoms with Crippen LogP contribution in [0.25, 0.3) is 0 Å². The maximum absolute atomic E-state index is 12.6. The van der Waals surface area contributed by atoms with Crippen molar-refractivity contribution in [1.82, 2.24) is 10.3 Å². The molecule has 1 aromatic carbocycles. The first-order chi connectivity index (χ1) is 13.0. The molecule has 5 heteroatoms. The average molecular weight is 368 g/mol. The molecule has 2 aromatic rings. The van der Waals surface area contributed by atoms with E-state index < -0.39 is 0 Å². The Bertz CT molecular complexity index is 750. The molecule has 0 unspecified atom stereocenters. The van der Waals surface area contributed by atoms with Crippen LogP contribution < -0.4 is 10.1 Å². The van der Waals surface area contributed by atoms with Crippen LogP contribution in [0.5, 0.6) is 5.88 Å². The summed E-state index contributed by atoms with van der Waals surface area (Å²) in [4.78, 5) is 16.9. The zero-order valence-corrected chi connectivity index (χ0v) is 16.2. The minimum absolute atomic E-state index is 0.0190. The van der Waals surface area contributed by atoms with Crippen LogP contribution in [0, 0.1) is 5.92 Å². The minimum Gasteiger partial charge on any atom is -0.481 e. The molecule has 1 aromatic heterocycles. The van der Waals surface area contributed by atoms with Gasteiger partial charge in [0.15, 0.2) is 0 Å². The zero-order valence-electron chi connectivity index (χ0n) is 16.2. The lowest BCUT2D eigenvalue weighted by atomic mass is 9.75. The van der Waals surface area contributed by atoms with Crippen molar-refractivity contribution in [3.63, 3.8) is 0 Å². The van der Waals surface area contributed by atoms with Gasteiger partial charge in [-0.3, -0.25) is 4.79 Å². The molecule has 27 heavy (non-hydrogen) atoms. The topological polar surface area (TPSA) is 71.5 Å². The molecule has 1 atom stereocenters. The number of methoxy groups -OCH3 is 1. The smallest absolute Gasteiger partial charge is 0.224 e. The van der Waals surface area contributed by atoms with Crippen LogP contribution in [0.4, 0.5) is 0 Å². The van der Waals surface area contributed by atoms with Gasteiger partial charge in [0.1, 0.15) is 0 Å². The Kier molecular flexibility index (Phi) is 6.11. The van der Waals surface area contributed by atoms with E-state index >= 15 is 0 Å². The first kappa shape index (κ1) is 19.4. The first-order valence-electron chi connectivity index (χ1n) is 9.52. The normalized spacial score (nSPS) is 20.0. The van der Waals surface area contributed by atoms with E-state index in [1.165, 1.54) is 5.56 Å². The molecule has 5 nitrogen and oxygen atoms in total. The second-order valence-electron chi connectivity index (χ2n) is 7.64. The molecule has 1 aliphatic rings. The average Bonchev–Trinajstić information content (AvgIpc) is 2.64. The molecule has 3 rings (SSSR count). The number of carbonyl (C=O) groups is 1. The number of hydrogen-bond acceptors (Lipinski definition) is 4. The number of benzene rings is 1. The highest BCUT2D eigenvalue weighted by molar-refractivity contribution is 5.79. The highest BCUT2D eigenvalue weighted by Gasteiger charge is 2.35. The number of carbonyl (C=O) groups excluding carboxylic acids is 1. The Hall–Kier alpha value is -2.40. The van der Waals surface area contributed by atoms with Gasteiger partial charge in [-0.1, -0.05) is 44.2 Å². The summed E-state index contributed by atoms with van der Waals surface area (Å²) in [6.07, 6.45) is 3.20. The molecule has 0 spiro atoms. The third-order valence-electron chi connectivity index (χ3n) is 5.28. The standard InChI is InChI=1S/C22H28N2O3/c1-14(2)16-6-4-15(5-7-16)10-20(26)24-22(18-11-19(25)12-18)17-8-9-21(27-3)23-13-17/h4-9,13-14,18-19,22,25H,10-12H2,1-3H3,(H,24,26)/t18?,19?,22-/m1/s1. The van der Waals surface area contributed by atoms with Gasteiger partial charge in [0.25, 0.3) is 0 Å². The third-order valence-corrected chi connectivity index (χ3v) is 5.28. The third kappa shape index (κ3) is 4.86. The van der Waals surface area contributed by atoms with Gasteiger partial charge in [0.05, 0.1) is 25.7 Å². The number of nitrogens with one attached hydrogen (secondary N) is 1. The monoisotopic (exact) mass is 368 g/mol. The van der Waals surface area contributed by atoms with Crippen molar-refractivity contribution in [3.8, 4) is 5.88 Å². The van der Waals surface area contributed by atoms with Crippen LogP contribution in [-0.2, 0) is 11.2 Å². The maximum Gasteiger partial charge on any atom is 0.224 e. The van der Waals surface area contributed by atoms with E-state index in [4.69, 9.17) is 4.74 Å². The highest BCUT2D eigenvalue weighted by Crippen LogP contribution is 2.38. The van der Waals surface area contributed by atoms with Crippen molar-refractivity contribution < 1.29 is 14.6 Å². The lowest BCUT2D eigenvalue weighted by molar-refractivity contribution is -0.122. The Labute approximate surface area is 160 Å². The molecule has 0 radical (unpaired) electrons. The number of amides is 1. The molecule has 2 N–H and O–H groups in total. The first-order valence-corrected chi connectivity index (χ1v) is 9.52. The van der Waals surface area contributed by atoms with Gasteiger partial charge in [-0.2, -0.15) is 0 Å². The number of hydrogen-bond donors (Lipinski definition) is 2. The largest absolute Gasteiger partial charge is 0.481 e. The van der Waals surface area contributed by atoms with E-state index in [1.54, 1.807) is 19.4 Å². The Balaban J connectivity index is 1.68. The lowest BCUT2D eigenvalue weighted by Crippen LogP contribution is -2.41. The summed E-state index contributed by atoms with van der Waals surface area (Å²) >= 11 is 0. The van der Waals surface area contributed by atoms with Crippen molar-refractivity contribution in [2.24, 2.45) is 5.92 Å². The predicted molar refractivity (Wildman–Crippen MR) is 105 cm³/mol. The van der Waals surface area contributed by atoms with Crippen molar-refractivity contribution in [2.45, 2.75) is 51.2 Å². The summed E-state index contributed by atoms with van der Waals surface area (Å²) in [5.41, 5.74) is 3.21. The number of pyridine rings is 1. The SMILES string of the molecule is COc1ccc([C@@H](NC(=O)Cc2ccc(C(C)C)cc2)C2CC(O)C2)cn1. The maximum atomic E-state index is 12.6. The summed E-state index contributed by atoms with van der Waals surface area (Å²) in [6, 6.07) is 11.8. The van der Waals surface area contributed by atoms with Crippen molar-refractivity contribution in [2.75, 3.05) is 7.11 Å². The van der Waals surface area contributed by atoms with Crippen LogP contribution in [0.3, 0.4) is 0 Å². The number of aromatic nitrogens is 1. The molecule has 1 heterocycles. The van der Waals surface area contributed by atoms with Gasteiger partial charge < -0.3 is 15.2 Å². The second kappa shape index (κ2) is 8.53. The van der Waals surface area contributed by atoms with Gasteiger partial charge in [-0.25, -0.2) is 4.98 Å². The summed E-state index contributed by atoms with van der Waals surface area (Å²) in [5, 5.41) is 12.8. The van der Waals surface area contributed by atoms with Crippen LogP contribution in [0.2, 0.25) is 0 Å². The van der Waals surface area contributed by atoms with Crippen molar-refractivity contribution in [3.05, 3.63) is 59.3 Å². The van der Waals surface area contributed by atoms with Gasteiger partial charge in [0.2, 0.25) is 11.8 Å². The van der Waals surface area contributed by atoms with Crippen molar-refractivity contribution >= 4 is 5.91 Å². The van der Waals surface area contributed by atoms with Crippen LogP contribution in [0.1, 0.15) is 55.3 Å². The van der Waals surface area contributed by atoms with Crippen LogP contribution in [-0.4, -0.2) is 29.2 Å². The predicted octanol–water partition coefficient (Wildman–Crippen LogP) is 3.38. The summed E-state index contributed by atoms with van der Waals surface area (Å²) < 4.78 is 5.11. The molecule has 0 aliphatic heterocycles. The molecule has 1 saturated carbocycles. The van der Waals surface area contributed by atoms with E-state index in [0.29, 0.717) is 31.1 Å².